The van der Waals surface area contributed by atoms with Crippen molar-refractivity contribution >= 4 is 44.8 Å². The van der Waals surface area contributed by atoms with Crippen molar-refractivity contribution in [3.63, 3.8) is 0 Å². The number of nitrogens with two attached hydrogens (primary N) is 1. The van der Waals surface area contributed by atoms with Crippen LogP contribution < -0.4 is 15.4 Å². The fourth-order valence-electron chi connectivity index (χ4n) is 5.64. The highest BCUT2D eigenvalue weighted by molar-refractivity contribution is 6.33. The molecule has 40 heavy (non-hydrogen) atoms. The first kappa shape index (κ1) is 24.9. The molecule has 6 heterocycles. The van der Waals surface area contributed by atoms with E-state index in [0.717, 1.165) is 30.5 Å². The van der Waals surface area contributed by atoms with Gasteiger partial charge in [-0.2, -0.15) is 9.97 Å². The fraction of sp³-hybridized carbons (Fsp3) is 0.300. The Labute approximate surface area is 235 Å². The van der Waals surface area contributed by atoms with E-state index >= 15 is 4.39 Å². The van der Waals surface area contributed by atoms with Crippen LogP contribution in [0, 0.1) is 23.6 Å². The van der Waals surface area contributed by atoms with E-state index in [1.807, 2.05) is 24.1 Å². The molecule has 0 amide bonds. The van der Waals surface area contributed by atoms with Crippen LogP contribution in [0.5, 0.6) is 6.01 Å². The van der Waals surface area contributed by atoms with Gasteiger partial charge in [-0.25, -0.2) is 4.39 Å². The van der Waals surface area contributed by atoms with Crippen LogP contribution in [0.2, 0.25) is 5.02 Å². The highest BCUT2D eigenvalue weighted by Gasteiger charge is 2.26. The van der Waals surface area contributed by atoms with Crippen molar-refractivity contribution in [2.24, 2.45) is 5.92 Å². The number of fused-ring (bicyclic) bond motifs is 1. The van der Waals surface area contributed by atoms with E-state index in [0.29, 0.717) is 64.7 Å². The number of likely N-dealkylation sites (tertiary alicyclic amines) is 1. The van der Waals surface area contributed by atoms with E-state index in [9.17, 15) is 0 Å². The molecular weight excluding hydrogens is 531 g/mol. The van der Waals surface area contributed by atoms with Gasteiger partial charge in [0.05, 0.1) is 35.1 Å². The maximum atomic E-state index is 16.6. The van der Waals surface area contributed by atoms with Crippen molar-refractivity contribution in [1.82, 2.24) is 19.9 Å². The second kappa shape index (κ2) is 9.81. The normalized spacial score (nSPS) is 19.4. The number of hydrogen-bond acceptors (Lipinski definition) is 8. The highest BCUT2D eigenvalue weighted by atomic mass is 35.5. The number of rotatable bonds is 2. The molecule has 2 fully saturated rings. The molecule has 2 aromatic heterocycles. The Balaban J connectivity index is 1.53. The molecule has 6 bridgehead atoms. The second-order valence-corrected chi connectivity index (χ2v) is 10.7. The van der Waals surface area contributed by atoms with Crippen molar-refractivity contribution in [3.05, 3.63) is 58.8 Å². The molecule has 2 saturated heterocycles. The predicted octanol–water partition coefficient (Wildman–Crippen LogP) is 4.98. The van der Waals surface area contributed by atoms with Gasteiger partial charge in [-0.05, 0) is 36.4 Å². The molecular formula is C30H26ClFN6O2. The van der Waals surface area contributed by atoms with Gasteiger partial charge >= 0.3 is 6.01 Å². The van der Waals surface area contributed by atoms with Gasteiger partial charge in [-0.15, -0.1) is 0 Å². The topological polar surface area (TPSA) is 89.6 Å². The van der Waals surface area contributed by atoms with Crippen LogP contribution in [0.1, 0.15) is 18.4 Å². The van der Waals surface area contributed by atoms with Crippen LogP contribution in [-0.4, -0.2) is 59.7 Å². The summed E-state index contributed by atoms with van der Waals surface area (Å²) in [7, 11) is 2.02. The van der Waals surface area contributed by atoms with E-state index in [1.165, 1.54) is 0 Å². The third kappa shape index (κ3) is 4.24. The zero-order valence-electron chi connectivity index (χ0n) is 21.9. The minimum atomic E-state index is -0.593. The summed E-state index contributed by atoms with van der Waals surface area (Å²) >= 11 is 6.68. The number of nitrogen functional groups attached to an aromatic ring is 1. The highest BCUT2D eigenvalue weighted by Crippen LogP contribution is 2.39. The number of aromatic nitrogens is 3. The number of benzene rings is 2. The number of nitrogens with zero attached hydrogens (tertiary/aromatic N) is 5. The van der Waals surface area contributed by atoms with Gasteiger partial charge in [0.25, 0.3) is 0 Å². The van der Waals surface area contributed by atoms with E-state index in [1.54, 1.807) is 24.6 Å². The number of anilines is 2. The lowest BCUT2D eigenvalue weighted by Gasteiger charge is -2.24. The summed E-state index contributed by atoms with van der Waals surface area (Å²) < 4.78 is 28.5. The van der Waals surface area contributed by atoms with Gasteiger partial charge < -0.3 is 25.0 Å². The van der Waals surface area contributed by atoms with E-state index < -0.39 is 5.82 Å². The first-order chi connectivity index (χ1) is 19.5. The molecule has 2 N–H and O–H groups in total. The number of allylic oxidation sites excluding steroid dienone is 1. The van der Waals surface area contributed by atoms with Crippen molar-refractivity contribution in [2.45, 2.75) is 12.8 Å². The summed E-state index contributed by atoms with van der Waals surface area (Å²) in [5, 5.41) is 2.43. The van der Waals surface area contributed by atoms with Crippen molar-refractivity contribution in [3.8, 4) is 29.1 Å². The van der Waals surface area contributed by atoms with Crippen LogP contribution in [0.15, 0.2) is 42.4 Å². The van der Waals surface area contributed by atoms with Crippen LogP contribution in [0.25, 0.3) is 32.9 Å². The summed E-state index contributed by atoms with van der Waals surface area (Å²) in [5.41, 5.74) is 9.10. The SMILES string of the molecule is CN1CCC/C1=C/Oc1nc2c3cnc(c(F)c3n1)-c1cc(N)cc3ccc(Cl)c(c13)C#C[C@H]1COCCN2C1. The van der Waals surface area contributed by atoms with Gasteiger partial charge in [0.15, 0.2) is 5.82 Å². The van der Waals surface area contributed by atoms with Crippen molar-refractivity contribution < 1.29 is 13.9 Å². The smallest absolute Gasteiger partial charge is 0.324 e. The first-order valence-electron chi connectivity index (χ1n) is 13.3. The lowest BCUT2D eigenvalue weighted by molar-refractivity contribution is 0.137. The first-order valence-corrected chi connectivity index (χ1v) is 13.6. The molecule has 0 aliphatic carbocycles. The molecule has 0 unspecified atom stereocenters. The molecule has 4 aliphatic heterocycles. The van der Waals surface area contributed by atoms with Crippen LogP contribution in [0.4, 0.5) is 15.9 Å². The molecule has 2 aromatic carbocycles. The Kier molecular flexibility index (Phi) is 6.10. The zero-order chi connectivity index (χ0) is 27.4. The third-order valence-electron chi connectivity index (χ3n) is 7.67. The van der Waals surface area contributed by atoms with Gasteiger partial charge in [0.1, 0.15) is 23.3 Å². The molecule has 4 aliphatic rings. The molecule has 8 rings (SSSR count). The molecule has 0 spiro atoms. The zero-order valence-corrected chi connectivity index (χ0v) is 22.6. The lowest BCUT2D eigenvalue weighted by atomic mass is 9.95. The van der Waals surface area contributed by atoms with Crippen molar-refractivity contribution in [1.29, 1.82) is 0 Å². The molecule has 4 aromatic rings. The third-order valence-corrected chi connectivity index (χ3v) is 7.99. The Bertz CT molecular complexity index is 1780. The van der Waals surface area contributed by atoms with Crippen molar-refractivity contribution in [2.75, 3.05) is 50.5 Å². The minimum Gasteiger partial charge on any atom is -0.430 e. The quantitative estimate of drug-likeness (QED) is 0.210. The van der Waals surface area contributed by atoms with Crippen LogP contribution >= 0.6 is 11.6 Å². The van der Waals surface area contributed by atoms with E-state index in [4.69, 9.17) is 31.8 Å². The minimum absolute atomic E-state index is 0.0650. The standard InChI is InChI=1S/C30H26ClFN6O2/c1-37-8-2-3-20(37)16-40-30-35-28-23-13-34-27(26(28)32)22-12-19(33)11-18-5-7-24(31)21(25(18)22)6-4-17-14-38(29(23)36-30)9-10-39-15-17/h5,7,11-13,16-17H,2-3,8-10,14-15,33H2,1H3/b20-16-/t17-/m1/s1. The fourth-order valence-corrected chi connectivity index (χ4v) is 5.85. The lowest BCUT2D eigenvalue weighted by Crippen LogP contribution is -2.30. The number of ether oxygens (including phenoxy) is 2. The second-order valence-electron chi connectivity index (χ2n) is 10.3. The molecule has 0 radical (unpaired) electrons. The molecule has 8 nitrogen and oxygen atoms in total. The Morgan fingerprint density at radius 1 is 1.25 bits per heavy atom. The van der Waals surface area contributed by atoms with Gasteiger partial charge in [-0.1, -0.05) is 29.5 Å². The summed E-state index contributed by atoms with van der Waals surface area (Å²) in [6.07, 6.45) is 5.23. The Hall–Kier alpha value is -4.13. The Morgan fingerprint density at radius 2 is 2.15 bits per heavy atom. The molecule has 202 valence electrons. The summed E-state index contributed by atoms with van der Waals surface area (Å²) in [5.74, 6) is 6.45. The average Bonchev–Trinajstić information content (AvgIpc) is 3.21. The average molecular weight is 557 g/mol. The summed E-state index contributed by atoms with van der Waals surface area (Å²) in [4.78, 5) is 18.1. The van der Waals surface area contributed by atoms with Crippen LogP contribution in [-0.2, 0) is 4.74 Å². The number of pyridine rings is 1. The monoisotopic (exact) mass is 556 g/mol. The Morgan fingerprint density at radius 3 is 3.00 bits per heavy atom. The molecule has 0 saturated carbocycles. The molecule has 1 atom stereocenters. The maximum Gasteiger partial charge on any atom is 0.324 e. The van der Waals surface area contributed by atoms with E-state index in [-0.39, 0.29) is 23.1 Å². The van der Waals surface area contributed by atoms with Gasteiger partial charge in [0, 0.05) is 55.2 Å². The van der Waals surface area contributed by atoms with Gasteiger partial charge in [0.2, 0.25) is 0 Å². The maximum absolute atomic E-state index is 16.6. The van der Waals surface area contributed by atoms with Gasteiger partial charge in [-0.3, -0.25) is 4.98 Å². The largest absolute Gasteiger partial charge is 0.430 e. The van der Waals surface area contributed by atoms with E-state index in [2.05, 4.69) is 26.7 Å². The summed E-state index contributed by atoms with van der Waals surface area (Å²) in [6, 6.07) is 7.24. The number of halogens is 2. The predicted molar refractivity (Wildman–Crippen MR) is 154 cm³/mol. The summed E-state index contributed by atoms with van der Waals surface area (Å²) in [6.45, 7) is 2.95. The van der Waals surface area contributed by atoms with Crippen LogP contribution in [0.3, 0.4) is 0 Å². The molecule has 10 heteroatoms. The number of hydrogen-bond donors (Lipinski definition) is 1.